The number of hydrogen-bond acceptors (Lipinski definition) is 3. The number of anilines is 1. The molecule has 0 fully saturated rings. The molecule has 0 aliphatic rings. The molecule has 0 aliphatic carbocycles. The quantitative estimate of drug-likeness (QED) is 0.689. The highest BCUT2D eigenvalue weighted by Gasteiger charge is 2.17. The van der Waals surface area contributed by atoms with Crippen LogP contribution < -0.4 is 5.32 Å². The third-order valence-corrected chi connectivity index (χ3v) is 3.97. The monoisotopic (exact) mass is 281 g/mol. The van der Waals surface area contributed by atoms with Crippen LogP contribution in [0.25, 0.3) is 0 Å². The lowest BCUT2D eigenvalue weighted by atomic mass is 10.1. The predicted octanol–water partition coefficient (Wildman–Crippen LogP) is 4.49. The summed E-state index contributed by atoms with van der Waals surface area (Å²) in [6.07, 6.45) is 3.15. The average Bonchev–Trinajstić information content (AvgIpc) is 2.38. The van der Waals surface area contributed by atoms with E-state index >= 15 is 0 Å². The molecule has 19 heavy (non-hydrogen) atoms. The zero-order chi connectivity index (χ0) is 14.3. The molecule has 0 bridgehead atoms. The Morgan fingerprint density at radius 2 is 2.11 bits per heavy atom. The lowest BCUT2D eigenvalue weighted by Gasteiger charge is -2.20. The second kappa shape index (κ2) is 8.10. The van der Waals surface area contributed by atoms with Gasteiger partial charge in [-0.2, -0.15) is 0 Å². The largest absolute Gasteiger partial charge is 0.478 e. The first-order valence-electron chi connectivity index (χ1n) is 6.89. The number of carboxylic acid groups (broad SMARTS) is 1. The van der Waals surface area contributed by atoms with Gasteiger partial charge in [-0.05, 0) is 30.7 Å². The van der Waals surface area contributed by atoms with Crippen molar-refractivity contribution in [3.05, 3.63) is 23.8 Å². The van der Waals surface area contributed by atoms with Gasteiger partial charge in [0.1, 0.15) is 0 Å². The first-order chi connectivity index (χ1) is 9.13. The van der Waals surface area contributed by atoms with E-state index in [9.17, 15) is 9.90 Å². The normalized spacial score (nSPS) is 12.2. The van der Waals surface area contributed by atoms with Crippen molar-refractivity contribution in [2.45, 2.75) is 51.0 Å². The molecule has 0 aromatic heterocycles. The second-order valence-corrected chi connectivity index (χ2v) is 5.76. The molecule has 1 rings (SSSR count). The van der Waals surface area contributed by atoms with E-state index in [-0.39, 0.29) is 0 Å². The number of aromatic carboxylic acids is 1. The molecule has 0 aliphatic heterocycles. The van der Waals surface area contributed by atoms with E-state index < -0.39 is 5.97 Å². The predicted molar refractivity (Wildman–Crippen MR) is 82.4 cm³/mol. The van der Waals surface area contributed by atoms with Crippen molar-refractivity contribution in [1.29, 1.82) is 0 Å². The van der Waals surface area contributed by atoms with E-state index in [4.69, 9.17) is 0 Å². The molecule has 1 aromatic carbocycles. The highest BCUT2D eigenvalue weighted by Crippen LogP contribution is 2.29. The van der Waals surface area contributed by atoms with Crippen LogP contribution in [0.3, 0.4) is 0 Å². The molecule has 1 aromatic rings. The number of hydrogen-bond donors (Lipinski definition) is 2. The summed E-state index contributed by atoms with van der Waals surface area (Å²) in [7, 11) is 0. The Bertz CT molecular complexity index is 421. The number of thioether (sulfide) groups is 1. The minimum atomic E-state index is -0.856. The van der Waals surface area contributed by atoms with Gasteiger partial charge in [-0.3, -0.25) is 0 Å². The molecule has 1 atom stereocenters. The molecule has 0 amide bonds. The molecular formula is C15H23NO2S. The Kier molecular flexibility index (Phi) is 6.78. The second-order valence-electron chi connectivity index (χ2n) is 4.46. The maximum Gasteiger partial charge on any atom is 0.338 e. The lowest BCUT2D eigenvalue weighted by Crippen LogP contribution is -2.20. The summed E-state index contributed by atoms with van der Waals surface area (Å²) in [5.74, 6) is 0.0148. The van der Waals surface area contributed by atoms with Crippen LogP contribution in [-0.4, -0.2) is 22.9 Å². The number of carboxylic acids is 1. The smallest absolute Gasteiger partial charge is 0.338 e. The fraction of sp³-hybridized carbons (Fsp3) is 0.533. The van der Waals surface area contributed by atoms with Crippen molar-refractivity contribution in [1.82, 2.24) is 0 Å². The first kappa shape index (κ1) is 15.9. The van der Waals surface area contributed by atoms with Crippen LogP contribution in [0.4, 0.5) is 5.69 Å². The fourth-order valence-electron chi connectivity index (χ4n) is 2.09. The highest BCUT2D eigenvalue weighted by atomic mass is 32.2. The van der Waals surface area contributed by atoms with Crippen molar-refractivity contribution < 1.29 is 9.90 Å². The van der Waals surface area contributed by atoms with Gasteiger partial charge in [0, 0.05) is 10.9 Å². The summed E-state index contributed by atoms with van der Waals surface area (Å²) in [5.41, 5.74) is 1.15. The van der Waals surface area contributed by atoms with Gasteiger partial charge in [-0.1, -0.05) is 33.3 Å². The van der Waals surface area contributed by atoms with Crippen LogP contribution in [0.2, 0.25) is 0 Å². The van der Waals surface area contributed by atoms with Crippen molar-refractivity contribution in [3.63, 3.8) is 0 Å². The van der Waals surface area contributed by atoms with Crippen molar-refractivity contribution in [2.24, 2.45) is 0 Å². The van der Waals surface area contributed by atoms with Crippen LogP contribution >= 0.6 is 11.8 Å². The molecule has 1 unspecified atom stereocenters. The standard InChI is InChI=1S/C15H23NO2S/c1-4-8-11(5-2)16-12-9-7-10-13(19-6-3)14(12)15(17)18/h7,9-11,16H,4-6,8H2,1-3H3,(H,17,18). The van der Waals surface area contributed by atoms with E-state index in [2.05, 4.69) is 19.2 Å². The summed E-state index contributed by atoms with van der Waals surface area (Å²) in [5, 5.41) is 12.8. The summed E-state index contributed by atoms with van der Waals surface area (Å²) < 4.78 is 0. The van der Waals surface area contributed by atoms with Gasteiger partial charge in [0.15, 0.2) is 0 Å². The van der Waals surface area contributed by atoms with E-state index in [1.807, 2.05) is 25.1 Å². The number of nitrogens with one attached hydrogen (secondary N) is 1. The number of carbonyl (C=O) groups is 1. The Hall–Kier alpha value is -1.16. The fourth-order valence-corrected chi connectivity index (χ4v) is 2.92. The molecule has 0 heterocycles. The van der Waals surface area contributed by atoms with Crippen molar-refractivity contribution in [3.8, 4) is 0 Å². The minimum Gasteiger partial charge on any atom is -0.478 e. The van der Waals surface area contributed by atoms with Gasteiger partial charge in [0.25, 0.3) is 0 Å². The van der Waals surface area contributed by atoms with E-state index in [1.165, 1.54) is 0 Å². The van der Waals surface area contributed by atoms with Crippen molar-refractivity contribution in [2.75, 3.05) is 11.1 Å². The van der Waals surface area contributed by atoms with E-state index in [1.54, 1.807) is 11.8 Å². The van der Waals surface area contributed by atoms with Crippen LogP contribution in [0, 0.1) is 0 Å². The summed E-state index contributed by atoms with van der Waals surface area (Å²) in [4.78, 5) is 12.3. The van der Waals surface area contributed by atoms with Gasteiger partial charge in [-0.25, -0.2) is 4.79 Å². The molecule has 2 N–H and O–H groups in total. The summed E-state index contributed by atoms with van der Waals surface area (Å²) >= 11 is 1.57. The number of rotatable bonds is 8. The van der Waals surface area contributed by atoms with Crippen LogP contribution in [0.5, 0.6) is 0 Å². The van der Waals surface area contributed by atoms with Crippen LogP contribution in [-0.2, 0) is 0 Å². The topological polar surface area (TPSA) is 49.3 Å². The molecule has 0 saturated heterocycles. The van der Waals surface area contributed by atoms with Crippen molar-refractivity contribution >= 4 is 23.4 Å². The Morgan fingerprint density at radius 1 is 1.37 bits per heavy atom. The Labute approximate surface area is 119 Å². The van der Waals surface area contributed by atoms with Gasteiger partial charge < -0.3 is 10.4 Å². The molecule has 0 saturated carbocycles. The molecule has 0 spiro atoms. The molecule has 3 nitrogen and oxygen atoms in total. The Balaban J connectivity index is 3.04. The van der Waals surface area contributed by atoms with Gasteiger partial charge >= 0.3 is 5.97 Å². The average molecular weight is 281 g/mol. The SMILES string of the molecule is CCCC(CC)Nc1cccc(SCC)c1C(=O)O. The van der Waals surface area contributed by atoms with E-state index in [0.717, 1.165) is 35.6 Å². The molecule has 0 radical (unpaired) electrons. The zero-order valence-corrected chi connectivity index (χ0v) is 12.7. The Morgan fingerprint density at radius 3 is 2.63 bits per heavy atom. The summed E-state index contributed by atoms with van der Waals surface area (Å²) in [6.45, 7) is 6.30. The third-order valence-electron chi connectivity index (χ3n) is 3.03. The number of benzene rings is 1. The minimum absolute atomic E-state index is 0.338. The maximum atomic E-state index is 11.5. The van der Waals surface area contributed by atoms with Crippen LogP contribution in [0.15, 0.2) is 23.1 Å². The summed E-state index contributed by atoms with van der Waals surface area (Å²) in [6, 6.07) is 6.00. The maximum absolute atomic E-state index is 11.5. The van der Waals surface area contributed by atoms with Gasteiger partial charge in [0.05, 0.1) is 11.3 Å². The highest BCUT2D eigenvalue weighted by molar-refractivity contribution is 7.99. The van der Waals surface area contributed by atoms with Gasteiger partial charge in [-0.15, -0.1) is 11.8 Å². The lowest BCUT2D eigenvalue weighted by molar-refractivity contribution is 0.0694. The third kappa shape index (κ3) is 4.46. The molecule has 106 valence electrons. The van der Waals surface area contributed by atoms with Gasteiger partial charge in [0.2, 0.25) is 0 Å². The zero-order valence-electron chi connectivity index (χ0n) is 11.9. The molecule has 4 heteroatoms. The van der Waals surface area contributed by atoms with E-state index in [0.29, 0.717) is 11.6 Å². The first-order valence-corrected chi connectivity index (χ1v) is 7.88. The van der Waals surface area contributed by atoms with Crippen LogP contribution in [0.1, 0.15) is 50.4 Å². The molecular weight excluding hydrogens is 258 g/mol.